The third kappa shape index (κ3) is 7.48. The van der Waals surface area contributed by atoms with Gasteiger partial charge in [-0.15, -0.1) is 64.9 Å². The second kappa shape index (κ2) is 14.7. The van der Waals surface area contributed by atoms with Gasteiger partial charge >= 0.3 is 0 Å². The Morgan fingerprint density at radius 2 is 1.45 bits per heavy atom. The molecule has 8 rings (SSSR count). The van der Waals surface area contributed by atoms with Gasteiger partial charge in [0.1, 0.15) is 5.58 Å². The number of hydrogen-bond donors (Lipinski definition) is 0. The zero-order valence-electron chi connectivity index (χ0n) is 30.5. The predicted octanol–water partition coefficient (Wildman–Crippen LogP) is 13.0. The fourth-order valence-corrected chi connectivity index (χ4v) is 7.47. The minimum absolute atomic E-state index is 0. The van der Waals surface area contributed by atoms with Crippen LogP contribution in [0.1, 0.15) is 54.2 Å². The van der Waals surface area contributed by atoms with Gasteiger partial charge in [0.2, 0.25) is 0 Å². The molecule has 4 heterocycles. The van der Waals surface area contributed by atoms with Gasteiger partial charge in [-0.1, -0.05) is 80.6 Å². The third-order valence-electron chi connectivity index (χ3n) is 9.36. The molecule has 0 aliphatic heterocycles. The summed E-state index contributed by atoms with van der Waals surface area (Å²) in [4.78, 5) is 9.39. The topological polar surface area (TPSA) is 38.9 Å². The van der Waals surface area contributed by atoms with Gasteiger partial charge in [0.25, 0.3) is 0 Å². The van der Waals surface area contributed by atoms with Crippen LogP contribution in [0.3, 0.4) is 0 Å². The summed E-state index contributed by atoms with van der Waals surface area (Å²) in [6.07, 6.45) is 4.92. The van der Waals surface area contributed by atoms with Crippen molar-refractivity contribution in [2.24, 2.45) is 5.41 Å². The van der Waals surface area contributed by atoms with Gasteiger partial charge in [-0.2, -0.15) is 0 Å². The molecule has 0 bridgehead atoms. The van der Waals surface area contributed by atoms with Crippen LogP contribution in [0, 0.1) is 52.2 Å². The van der Waals surface area contributed by atoms with Crippen molar-refractivity contribution in [1.29, 1.82) is 0 Å². The van der Waals surface area contributed by atoms with Crippen molar-refractivity contribution in [2.45, 2.75) is 61.8 Å². The van der Waals surface area contributed by atoms with Crippen LogP contribution in [0.2, 0.25) is 0 Å². The van der Waals surface area contributed by atoms with E-state index >= 15 is 0 Å². The number of nitrogens with zero attached hydrogens (tertiary/aromatic N) is 2. The summed E-state index contributed by atoms with van der Waals surface area (Å²) in [6.45, 7) is 17.5. The van der Waals surface area contributed by atoms with E-state index in [9.17, 15) is 0 Å². The molecule has 8 aromatic rings. The molecule has 4 aromatic carbocycles. The predicted molar refractivity (Wildman–Crippen MR) is 212 cm³/mol. The molecule has 3 nitrogen and oxygen atoms in total. The van der Waals surface area contributed by atoms with E-state index < -0.39 is 0 Å². The Kier molecular flexibility index (Phi) is 10.5. The first-order valence-electron chi connectivity index (χ1n) is 17.2. The van der Waals surface area contributed by atoms with E-state index in [1.54, 1.807) is 11.3 Å². The van der Waals surface area contributed by atoms with Gasteiger partial charge in [-0.25, -0.2) is 0 Å². The molecule has 0 amide bonds. The van der Waals surface area contributed by atoms with Crippen molar-refractivity contribution in [2.75, 3.05) is 0 Å². The molecule has 5 heteroatoms. The molecule has 0 spiro atoms. The summed E-state index contributed by atoms with van der Waals surface area (Å²) in [5.74, 6) is 0. The van der Waals surface area contributed by atoms with Gasteiger partial charge in [0.05, 0.1) is 5.58 Å². The molecular weight excluding hydrogens is 821 g/mol. The van der Waals surface area contributed by atoms with Gasteiger partial charge < -0.3 is 14.4 Å². The number of furan rings is 1. The maximum Gasteiger partial charge on any atom is 0.129 e. The van der Waals surface area contributed by atoms with E-state index in [4.69, 9.17) is 9.40 Å². The first-order chi connectivity index (χ1) is 24.0. The summed E-state index contributed by atoms with van der Waals surface area (Å²) in [5, 5.41) is 5.54. The average molecular weight is 863 g/mol. The fourth-order valence-electron chi connectivity index (χ4n) is 6.68. The van der Waals surface area contributed by atoms with Gasteiger partial charge in [-0.05, 0) is 96.2 Å². The second-order valence-corrected chi connectivity index (χ2v) is 15.6. The molecule has 51 heavy (non-hydrogen) atoms. The molecule has 0 unspecified atom stereocenters. The number of aryl methyl sites for hydroxylation is 5. The van der Waals surface area contributed by atoms with Crippen LogP contribution in [0.25, 0.3) is 65.7 Å². The molecule has 0 aliphatic carbocycles. The van der Waals surface area contributed by atoms with Crippen LogP contribution in [-0.4, -0.2) is 9.97 Å². The number of thiophene rings is 1. The molecule has 0 saturated heterocycles. The summed E-state index contributed by atoms with van der Waals surface area (Å²) in [5.41, 5.74) is 15.9. The zero-order valence-corrected chi connectivity index (χ0v) is 33.7. The maximum atomic E-state index is 6.54. The Balaban J connectivity index is 0.000000236. The Morgan fingerprint density at radius 1 is 0.706 bits per heavy atom. The molecular formula is C46H42IrN2OS-2. The fraction of sp³-hybridized carbons (Fsp3) is 0.217. The van der Waals surface area contributed by atoms with Crippen LogP contribution in [-0.2, 0) is 26.5 Å². The SMILES string of the molecule is Cc1c[c-]c(-c2cc(C)c(C)cn2)cc1.Cc1cccc(C)c1-c1cnc(-c2[c-]ccc3c2oc2c4ccsc4ccc32)cc1CC(C)(C)C.[Ir]. The Labute approximate surface area is 319 Å². The maximum absolute atomic E-state index is 6.54. The van der Waals surface area contributed by atoms with Crippen molar-refractivity contribution < 1.29 is 24.5 Å². The Hall–Kier alpha value is -4.41. The number of hydrogen-bond acceptors (Lipinski definition) is 4. The number of rotatable bonds is 4. The number of aromatic nitrogens is 2. The van der Waals surface area contributed by atoms with Gasteiger partial charge in [0, 0.05) is 53.5 Å². The van der Waals surface area contributed by atoms with Crippen molar-refractivity contribution in [1.82, 2.24) is 9.97 Å². The van der Waals surface area contributed by atoms with Crippen LogP contribution >= 0.6 is 11.3 Å². The number of pyridine rings is 2. The zero-order chi connectivity index (χ0) is 35.2. The van der Waals surface area contributed by atoms with E-state index in [-0.39, 0.29) is 25.5 Å². The van der Waals surface area contributed by atoms with E-state index in [2.05, 4.69) is 151 Å². The van der Waals surface area contributed by atoms with Gasteiger partial charge in [0.15, 0.2) is 0 Å². The standard InChI is InChI=1S/C32H28NOS.C14H14N.Ir/c1-19-8-6-9-20(2)29(19)26-18-33-27(16-21(26)17-32(3,4)5)24-11-7-10-22-23-12-13-28-25(14-15-35-28)31(23)34-30(22)24;1-10-4-6-13(7-5-10)14-8-11(2)12(3)9-15-14;/h6-10,12-16,18H,17H2,1-5H3;4-6,8-9H,1-3H3;/q2*-1;. The minimum atomic E-state index is 0. The molecule has 1 radical (unpaired) electrons. The Bertz CT molecular complexity index is 2480. The summed E-state index contributed by atoms with van der Waals surface area (Å²) in [6, 6.07) is 34.3. The van der Waals surface area contributed by atoms with Crippen molar-refractivity contribution in [3.8, 4) is 33.6 Å². The largest absolute Gasteiger partial charge is 0.500 e. The summed E-state index contributed by atoms with van der Waals surface area (Å²) in [7, 11) is 0. The molecule has 259 valence electrons. The van der Waals surface area contributed by atoms with E-state index in [1.165, 1.54) is 54.6 Å². The first kappa shape index (κ1) is 36.4. The van der Waals surface area contributed by atoms with E-state index in [0.29, 0.717) is 0 Å². The number of benzene rings is 4. The monoisotopic (exact) mass is 863 g/mol. The van der Waals surface area contributed by atoms with Crippen molar-refractivity contribution in [3.63, 3.8) is 0 Å². The molecule has 0 fully saturated rings. The number of fused-ring (bicyclic) bond motifs is 5. The van der Waals surface area contributed by atoms with Crippen LogP contribution in [0.15, 0.2) is 101 Å². The second-order valence-electron chi connectivity index (χ2n) is 14.6. The Morgan fingerprint density at radius 3 is 2.16 bits per heavy atom. The molecule has 4 aromatic heterocycles. The van der Waals surface area contributed by atoms with Crippen molar-refractivity contribution in [3.05, 3.63) is 142 Å². The molecule has 0 aliphatic rings. The summed E-state index contributed by atoms with van der Waals surface area (Å²) < 4.78 is 7.78. The normalized spacial score (nSPS) is 11.5. The van der Waals surface area contributed by atoms with Crippen LogP contribution < -0.4 is 0 Å². The molecule has 0 atom stereocenters. The third-order valence-corrected chi connectivity index (χ3v) is 10.2. The van der Waals surface area contributed by atoms with E-state index in [1.807, 2.05) is 18.3 Å². The molecule has 0 N–H and O–H groups in total. The first-order valence-corrected chi connectivity index (χ1v) is 18.1. The smallest absolute Gasteiger partial charge is 0.129 e. The quantitative estimate of drug-likeness (QED) is 0.166. The summed E-state index contributed by atoms with van der Waals surface area (Å²) >= 11 is 1.74. The average Bonchev–Trinajstić information content (AvgIpc) is 3.71. The van der Waals surface area contributed by atoms with Crippen LogP contribution in [0.4, 0.5) is 0 Å². The van der Waals surface area contributed by atoms with Gasteiger partial charge in [-0.3, -0.25) is 0 Å². The molecule has 0 saturated carbocycles. The minimum Gasteiger partial charge on any atom is -0.500 e. The van der Waals surface area contributed by atoms with Crippen LogP contribution in [0.5, 0.6) is 0 Å². The van der Waals surface area contributed by atoms with Crippen molar-refractivity contribution >= 4 is 43.4 Å². The van der Waals surface area contributed by atoms with E-state index in [0.717, 1.165) is 50.9 Å².